The smallest absolute Gasteiger partial charge is 0.207 e. The van der Waals surface area contributed by atoms with Crippen LogP contribution in [-0.4, -0.2) is 14.5 Å². The summed E-state index contributed by atoms with van der Waals surface area (Å²) in [4.78, 5) is 0.133. The second kappa shape index (κ2) is 10.2. The number of benzene rings is 2. The third kappa shape index (κ3) is 6.21. The van der Waals surface area contributed by atoms with E-state index in [1.54, 1.807) is 36.4 Å². The van der Waals surface area contributed by atoms with Crippen LogP contribution in [0.5, 0.6) is 0 Å². The van der Waals surface area contributed by atoms with Crippen molar-refractivity contribution in [1.29, 1.82) is 10.5 Å². The average molecular weight is 391 g/mol. The molecule has 2 aromatic rings. The molecule has 1 N–H and O–H groups in total. The number of nitriles is 2. The van der Waals surface area contributed by atoms with E-state index in [0.717, 1.165) is 11.1 Å². The molecule has 0 aliphatic carbocycles. The molecule has 2 unspecified atom stereocenters. The Kier molecular flexibility index (Phi) is 7.71. The van der Waals surface area contributed by atoms with Crippen LogP contribution in [0, 0.1) is 35.5 Å². The van der Waals surface area contributed by atoms with Crippen LogP contribution in [0.2, 0.25) is 0 Å². The van der Waals surface area contributed by atoms with Crippen molar-refractivity contribution < 1.29 is 8.42 Å². The molecular formula is C22H21N3O2S. The van der Waals surface area contributed by atoms with Crippen LogP contribution in [0.25, 0.3) is 6.08 Å². The van der Waals surface area contributed by atoms with E-state index >= 15 is 0 Å². The number of rotatable bonds is 8. The number of allylic oxidation sites excluding steroid dienone is 1. The van der Waals surface area contributed by atoms with E-state index in [1.807, 2.05) is 43.3 Å². The predicted molar refractivity (Wildman–Crippen MR) is 109 cm³/mol. The Morgan fingerprint density at radius 1 is 1.04 bits per heavy atom. The zero-order valence-electron chi connectivity index (χ0n) is 15.5. The van der Waals surface area contributed by atoms with Crippen LogP contribution in [0.15, 0.2) is 77.7 Å². The third-order valence-electron chi connectivity index (χ3n) is 4.01. The molecule has 2 aromatic carbocycles. The number of sulfonamides is 1. The monoisotopic (exact) mass is 391 g/mol. The molecule has 142 valence electrons. The van der Waals surface area contributed by atoms with Crippen molar-refractivity contribution in [3.05, 3.63) is 84.0 Å². The molecule has 0 saturated carbocycles. The van der Waals surface area contributed by atoms with Crippen molar-refractivity contribution in [2.75, 3.05) is 0 Å². The molecule has 6 heteroatoms. The van der Waals surface area contributed by atoms with Gasteiger partial charge in [-0.2, -0.15) is 10.5 Å². The molecule has 0 heterocycles. The van der Waals surface area contributed by atoms with Crippen LogP contribution < -0.4 is 4.72 Å². The number of nitrogens with one attached hydrogen (secondary N) is 1. The summed E-state index contributed by atoms with van der Waals surface area (Å²) >= 11 is 0. The van der Waals surface area contributed by atoms with Gasteiger partial charge in [-0.3, -0.25) is 0 Å². The molecule has 0 spiro atoms. The van der Waals surface area contributed by atoms with Gasteiger partial charge in [-0.05, 0) is 24.6 Å². The fourth-order valence-electron chi connectivity index (χ4n) is 2.49. The van der Waals surface area contributed by atoms with Crippen LogP contribution in [-0.2, 0) is 10.0 Å². The Bertz CT molecular complexity index is 1010. The first kappa shape index (κ1) is 21.1. The van der Waals surface area contributed by atoms with Gasteiger partial charge in [-0.15, -0.1) is 0 Å². The molecule has 0 bridgehead atoms. The molecule has 0 amide bonds. The van der Waals surface area contributed by atoms with Crippen molar-refractivity contribution >= 4 is 16.1 Å². The Labute approximate surface area is 166 Å². The fraction of sp³-hybridized carbons (Fsp3) is 0.182. The molecule has 0 fully saturated rings. The highest BCUT2D eigenvalue weighted by atomic mass is 32.2. The molecule has 28 heavy (non-hydrogen) atoms. The van der Waals surface area contributed by atoms with E-state index < -0.39 is 22.0 Å². The second-order valence-corrected chi connectivity index (χ2v) is 7.89. The lowest BCUT2D eigenvalue weighted by Gasteiger charge is -2.18. The highest BCUT2D eigenvalue weighted by Gasteiger charge is 2.24. The van der Waals surface area contributed by atoms with Gasteiger partial charge in [0, 0.05) is 0 Å². The van der Waals surface area contributed by atoms with E-state index in [1.165, 1.54) is 12.1 Å². The molecule has 0 radical (unpaired) electrons. The highest BCUT2D eigenvalue weighted by Crippen LogP contribution is 2.16. The Morgan fingerprint density at radius 3 is 2.32 bits per heavy atom. The molecule has 2 rings (SSSR count). The van der Waals surface area contributed by atoms with Gasteiger partial charge in [-0.1, -0.05) is 72.3 Å². The minimum absolute atomic E-state index is 0.133. The average Bonchev–Trinajstić information content (AvgIpc) is 2.70. The summed E-state index contributed by atoms with van der Waals surface area (Å²) in [5, 5.41) is 18.2. The van der Waals surface area contributed by atoms with Crippen LogP contribution in [0.3, 0.4) is 0 Å². The van der Waals surface area contributed by atoms with Crippen molar-refractivity contribution in [3.63, 3.8) is 0 Å². The van der Waals surface area contributed by atoms with Gasteiger partial charge < -0.3 is 0 Å². The summed E-state index contributed by atoms with van der Waals surface area (Å²) < 4.78 is 28.2. The van der Waals surface area contributed by atoms with Gasteiger partial charge in [-0.25, -0.2) is 13.1 Å². The Morgan fingerprint density at radius 2 is 1.71 bits per heavy atom. The largest absolute Gasteiger partial charge is 0.241 e. The zero-order valence-corrected chi connectivity index (χ0v) is 16.3. The van der Waals surface area contributed by atoms with Gasteiger partial charge in [0.1, 0.15) is 0 Å². The molecule has 0 aliphatic rings. The first-order valence-corrected chi connectivity index (χ1v) is 10.2. The fourth-order valence-corrected chi connectivity index (χ4v) is 3.70. The first-order valence-electron chi connectivity index (χ1n) is 8.72. The number of hydrogen-bond donors (Lipinski definition) is 1. The van der Waals surface area contributed by atoms with E-state index in [9.17, 15) is 13.7 Å². The summed E-state index contributed by atoms with van der Waals surface area (Å²) in [5.41, 5.74) is 1.84. The lowest BCUT2D eigenvalue weighted by atomic mass is 10.00. The summed E-state index contributed by atoms with van der Waals surface area (Å²) in [6.45, 7) is 1.88. The summed E-state index contributed by atoms with van der Waals surface area (Å²) in [5.74, 6) is -0.756. The van der Waals surface area contributed by atoms with Gasteiger partial charge in [0.2, 0.25) is 10.0 Å². The third-order valence-corrected chi connectivity index (χ3v) is 5.48. The predicted octanol–water partition coefficient (Wildman–Crippen LogP) is 3.96. The van der Waals surface area contributed by atoms with E-state index in [2.05, 4.69) is 10.8 Å². The SMILES string of the molecule is Cc1ccc(S(=O)(=O)NC(/C=C/c2ccccc2)C(C#N)/C=C\CC#N)cc1. The van der Waals surface area contributed by atoms with E-state index in [4.69, 9.17) is 5.26 Å². The van der Waals surface area contributed by atoms with Crippen molar-refractivity contribution in [1.82, 2.24) is 4.72 Å². The van der Waals surface area contributed by atoms with Gasteiger partial charge >= 0.3 is 0 Å². The minimum Gasteiger partial charge on any atom is -0.207 e. The van der Waals surface area contributed by atoms with Crippen molar-refractivity contribution in [3.8, 4) is 12.1 Å². The summed E-state index contributed by atoms with van der Waals surface area (Å²) in [7, 11) is -3.82. The Balaban J connectivity index is 2.34. The molecule has 5 nitrogen and oxygen atoms in total. The van der Waals surface area contributed by atoms with E-state index in [0.29, 0.717) is 0 Å². The van der Waals surface area contributed by atoms with Crippen LogP contribution in [0.4, 0.5) is 0 Å². The minimum atomic E-state index is -3.82. The number of aryl methyl sites for hydroxylation is 1. The van der Waals surface area contributed by atoms with Gasteiger partial charge in [0.25, 0.3) is 0 Å². The van der Waals surface area contributed by atoms with Gasteiger partial charge in [0.15, 0.2) is 0 Å². The van der Waals surface area contributed by atoms with E-state index in [-0.39, 0.29) is 11.3 Å². The quantitative estimate of drug-likeness (QED) is 0.689. The van der Waals surface area contributed by atoms with Crippen molar-refractivity contribution in [2.24, 2.45) is 5.92 Å². The molecule has 2 atom stereocenters. The van der Waals surface area contributed by atoms with Crippen LogP contribution >= 0.6 is 0 Å². The molecule has 0 aromatic heterocycles. The lowest BCUT2D eigenvalue weighted by molar-refractivity contribution is 0.557. The van der Waals surface area contributed by atoms with Gasteiger partial charge in [0.05, 0.1) is 35.4 Å². The standard InChI is InChI=1S/C22H21N3O2S/c1-18-10-13-21(14-11-18)28(26,27)25-22(20(17-24)9-5-6-16-23)15-12-19-7-3-2-4-8-19/h2-5,7-15,20,22,25H,6H2,1H3/b9-5-,15-12+. The number of hydrogen-bond acceptors (Lipinski definition) is 4. The summed E-state index contributed by atoms with van der Waals surface area (Å²) in [6.07, 6.45) is 6.70. The second-order valence-electron chi connectivity index (χ2n) is 6.18. The summed E-state index contributed by atoms with van der Waals surface area (Å²) in [6, 6.07) is 19.2. The van der Waals surface area contributed by atoms with Crippen molar-refractivity contribution in [2.45, 2.75) is 24.3 Å². The molecule has 0 aliphatic heterocycles. The Hall–Kier alpha value is -3.19. The lowest BCUT2D eigenvalue weighted by Crippen LogP contribution is -2.38. The maximum atomic E-state index is 12.8. The zero-order chi connectivity index (χ0) is 20.4. The topological polar surface area (TPSA) is 93.8 Å². The maximum Gasteiger partial charge on any atom is 0.241 e. The molecular weight excluding hydrogens is 370 g/mol. The maximum absolute atomic E-state index is 12.8. The first-order chi connectivity index (χ1) is 13.5. The normalized spacial score (nSPS) is 13.8. The van der Waals surface area contributed by atoms with Crippen LogP contribution in [0.1, 0.15) is 17.5 Å². The molecule has 0 saturated heterocycles. The highest BCUT2D eigenvalue weighted by molar-refractivity contribution is 7.89. The number of nitrogens with zero attached hydrogens (tertiary/aromatic N) is 2.